The fourth-order valence-corrected chi connectivity index (χ4v) is 2.99. The fourth-order valence-electron chi connectivity index (χ4n) is 2.99. The van der Waals surface area contributed by atoms with Gasteiger partial charge in [-0.25, -0.2) is 9.59 Å². The van der Waals surface area contributed by atoms with Gasteiger partial charge in [-0.1, -0.05) is 5.23 Å². The molecule has 11 nitrogen and oxygen atoms in total. The lowest BCUT2D eigenvalue weighted by molar-refractivity contribution is -0.350. The van der Waals surface area contributed by atoms with Crippen LogP contribution in [-0.2, 0) is 47.8 Å². The van der Waals surface area contributed by atoms with E-state index in [1.807, 2.05) is 0 Å². The van der Waals surface area contributed by atoms with Crippen molar-refractivity contribution >= 4 is 23.9 Å². The van der Waals surface area contributed by atoms with E-state index in [9.17, 15) is 19.2 Å². The van der Waals surface area contributed by atoms with E-state index in [0.29, 0.717) is 0 Å². The van der Waals surface area contributed by atoms with Crippen LogP contribution in [0.25, 0.3) is 0 Å². The number of rotatable bonds is 5. The van der Waals surface area contributed by atoms with Crippen molar-refractivity contribution in [3.05, 3.63) is 0 Å². The van der Waals surface area contributed by atoms with Crippen molar-refractivity contribution < 1.29 is 47.8 Å². The molecule has 2 aliphatic rings. The highest BCUT2D eigenvalue weighted by Gasteiger charge is 2.63. The Balaban J connectivity index is 2.38. The average Bonchev–Trinajstić information content (AvgIpc) is 3.16. The smallest absolute Gasteiger partial charge is 0.338 e. The summed E-state index contributed by atoms with van der Waals surface area (Å²) >= 11 is 0. The molecule has 0 saturated carbocycles. The second-order valence-corrected chi connectivity index (χ2v) is 5.37. The summed E-state index contributed by atoms with van der Waals surface area (Å²) in [5, 5.41) is 0.859. The van der Waals surface area contributed by atoms with Gasteiger partial charge in [-0.2, -0.15) is 0 Å². The molecule has 0 amide bonds. The van der Waals surface area contributed by atoms with Crippen molar-refractivity contribution in [3.8, 4) is 0 Å². The predicted octanol–water partition coefficient (Wildman–Crippen LogP) is -1.40. The van der Waals surface area contributed by atoms with E-state index in [4.69, 9.17) is 14.4 Å². The van der Waals surface area contributed by atoms with Crippen LogP contribution in [0.5, 0.6) is 0 Å². The van der Waals surface area contributed by atoms with Gasteiger partial charge in [0.1, 0.15) is 5.92 Å². The zero-order chi connectivity index (χ0) is 18.7. The maximum atomic E-state index is 12.2. The summed E-state index contributed by atoms with van der Waals surface area (Å²) < 4.78 is 18.6. The van der Waals surface area contributed by atoms with Gasteiger partial charge in [0.05, 0.1) is 40.9 Å². The minimum atomic E-state index is -1.33. The number of hydrogen-bond donors (Lipinski definition) is 0. The first kappa shape index (κ1) is 19.1. The number of fused-ring (bicyclic) bond motifs is 1. The number of carbonyl (C=O) groups excluding carboxylic acids is 4. The minimum Gasteiger partial charge on any atom is -0.469 e. The highest BCUT2D eigenvalue weighted by molar-refractivity contribution is 5.85. The van der Waals surface area contributed by atoms with E-state index in [1.54, 1.807) is 0 Å². The van der Waals surface area contributed by atoms with Crippen LogP contribution in [0.3, 0.4) is 0 Å². The normalized spacial score (nSPS) is 31.1. The lowest BCUT2D eigenvalue weighted by Gasteiger charge is -2.22. The molecule has 0 aromatic heterocycles. The van der Waals surface area contributed by atoms with Crippen LogP contribution in [0, 0.1) is 11.8 Å². The Kier molecular flexibility index (Phi) is 5.93. The average molecular weight is 361 g/mol. The van der Waals surface area contributed by atoms with Gasteiger partial charge >= 0.3 is 23.9 Å². The molecule has 0 unspecified atom stereocenters. The van der Waals surface area contributed by atoms with Crippen molar-refractivity contribution in [3.63, 3.8) is 0 Å². The molecule has 0 N–H and O–H groups in total. The molecule has 2 heterocycles. The molecule has 2 aliphatic heterocycles. The maximum absolute atomic E-state index is 12.2. The maximum Gasteiger partial charge on any atom is 0.338 e. The minimum absolute atomic E-state index is 0.262. The molecule has 5 atom stereocenters. The van der Waals surface area contributed by atoms with Crippen molar-refractivity contribution in [1.29, 1.82) is 0 Å². The number of hydrogen-bond acceptors (Lipinski definition) is 11. The van der Waals surface area contributed by atoms with Crippen LogP contribution in [0.2, 0.25) is 0 Å². The van der Waals surface area contributed by atoms with Crippen LogP contribution in [0.15, 0.2) is 0 Å². The van der Waals surface area contributed by atoms with Crippen molar-refractivity contribution in [2.24, 2.45) is 11.8 Å². The zero-order valence-corrected chi connectivity index (χ0v) is 14.1. The van der Waals surface area contributed by atoms with Gasteiger partial charge < -0.3 is 18.9 Å². The Labute approximate surface area is 142 Å². The summed E-state index contributed by atoms with van der Waals surface area (Å²) in [6, 6.07) is -0.945. The van der Waals surface area contributed by atoms with Gasteiger partial charge in [-0.15, -0.1) is 0 Å². The van der Waals surface area contributed by atoms with Crippen LogP contribution in [0.4, 0.5) is 0 Å². The van der Waals surface area contributed by atoms with Gasteiger partial charge in [0, 0.05) is 5.92 Å². The lowest BCUT2D eigenvalue weighted by Crippen LogP contribution is -2.44. The standard InChI is InChI=1S/C14H19NO10/c1-20-7(16)5-6-9-8(12(17)21-2)11(14(19)23-4)25-15(9)24-10(6)13(18)22-3/h6,8-11H,5H2,1-4H3/t6-,8-,9-,10-,11+/m0/s1. The molecule has 140 valence electrons. The fraction of sp³-hybridized carbons (Fsp3) is 0.714. The van der Waals surface area contributed by atoms with E-state index in [0.717, 1.165) is 26.6 Å². The number of methoxy groups -OCH3 is 4. The number of nitrogens with zero attached hydrogens (tertiary/aromatic N) is 1. The number of hydroxylamine groups is 2. The second-order valence-electron chi connectivity index (χ2n) is 5.37. The molecule has 0 aromatic rings. The summed E-state index contributed by atoms with van der Waals surface area (Å²) in [6.07, 6.45) is -2.80. The molecule has 0 bridgehead atoms. The number of esters is 4. The van der Waals surface area contributed by atoms with E-state index in [-0.39, 0.29) is 6.42 Å². The summed E-state index contributed by atoms with van der Waals surface area (Å²) in [5.41, 5.74) is 0. The van der Waals surface area contributed by atoms with Crippen molar-refractivity contribution in [2.45, 2.75) is 24.7 Å². The molecule has 0 radical (unpaired) electrons. The lowest BCUT2D eigenvalue weighted by atomic mass is 9.82. The molecule has 11 heteroatoms. The SMILES string of the molecule is COC(=O)C[C@H]1[C@H]2[C@H](C(=O)OC)[C@H](C(=O)OC)ON2O[C@@H]1C(=O)OC. The van der Waals surface area contributed by atoms with Gasteiger partial charge in [0.15, 0.2) is 12.2 Å². The Morgan fingerprint density at radius 3 is 1.84 bits per heavy atom. The van der Waals surface area contributed by atoms with Gasteiger partial charge in [0.2, 0.25) is 0 Å². The van der Waals surface area contributed by atoms with Gasteiger partial charge in [-0.3, -0.25) is 19.3 Å². The first-order valence-electron chi connectivity index (χ1n) is 7.32. The third kappa shape index (κ3) is 3.43. The van der Waals surface area contributed by atoms with E-state index >= 15 is 0 Å². The molecule has 2 rings (SSSR count). The van der Waals surface area contributed by atoms with Crippen LogP contribution >= 0.6 is 0 Å². The second kappa shape index (κ2) is 7.76. The molecule has 2 saturated heterocycles. The Morgan fingerprint density at radius 2 is 1.32 bits per heavy atom. The number of ether oxygens (including phenoxy) is 4. The highest BCUT2D eigenvalue weighted by Crippen LogP contribution is 2.43. The van der Waals surface area contributed by atoms with Crippen molar-refractivity contribution in [2.75, 3.05) is 28.4 Å². The molecule has 0 spiro atoms. The van der Waals surface area contributed by atoms with E-state index < -0.39 is 54.0 Å². The van der Waals surface area contributed by atoms with E-state index in [2.05, 4.69) is 14.2 Å². The van der Waals surface area contributed by atoms with Gasteiger partial charge in [0.25, 0.3) is 0 Å². The number of carbonyl (C=O) groups is 4. The summed E-state index contributed by atoms with van der Waals surface area (Å²) in [6.45, 7) is 0. The Hall–Kier alpha value is -2.24. The summed E-state index contributed by atoms with van der Waals surface area (Å²) in [7, 11) is 4.61. The monoisotopic (exact) mass is 361 g/mol. The first-order valence-corrected chi connectivity index (χ1v) is 7.32. The van der Waals surface area contributed by atoms with Crippen LogP contribution < -0.4 is 0 Å². The Bertz CT molecular complexity index is 564. The highest BCUT2D eigenvalue weighted by atomic mass is 17.0. The Morgan fingerprint density at radius 1 is 0.800 bits per heavy atom. The van der Waals surface area contributed by atoms with Crippen molar-refractivity contribution in [1.82, 2.24) is 5.23 Å². The largest absolute Gasteiger partial charge is 0.469 e. The zero-order valence-electron chi connectivity index (χ0n) is 14.1. The van der Waals surface area contributed by atoms with Gasteiger partial charge in [-0.05, 0) is 0 Å². The summed E-state index contributed by atoms with van der Waals surface area (Å²) in [4.78, 5) is 58.5. The first-order chi connectivity index (χ1) is 11.9. The molecule has 2 fully saturated rings. The molecule has 25 heavy (non-hydrogen) atoms. The third-order valence-corrected chi connectivity index (χ3v) is 4.17. The quantitative estimate of drug-likeness (QED) is 0.424. The van der Waals surface area contributed by atoms with E-state index in [1.165, 1.54) is 7.11 Å². The van der Waals surface area contributed by atoms with Crippen LogP contribution in [0.1, 0.15) is 6.42 Å². The molecule has 0 aromatic carbocycles. The predicted molar refractivity (Wildman–Crippen MR) is 75.0 cm³/mol. The van der Waals surface area contributed by atoms with Crippen LogP contribution in [-0.4, -0.2) is 75.8 Å². The topological polar surface area (TPSA) is 127 Å². The molecular weight excluding hydrogens is 342 g/mol. The third-order valence-electron chi connectivity index (χ3n) is 4.17. The molecule has 0 aliphatic carbocycles. The summed E-state index contributed by atoms with van der Waals surface area (Å²) in [5.74, 6) is -5.01. The molecular formula is C14H19NO10.